The lowest BCUT2D eigenvalue weighted by Gasteiger charge is -2.40. The summed E-state index contributed by atoms with van der Waals surface area (Å²) in [5, 5.41) is 54.4. The highest BCUT2D eigenvalue weighted by Gasteiger charge is 2.44. The van der Waals surface area contributed by atoms with Crippen molar-refractivity contribution in [3.63, 3.8) is 0 Å². The number of amides is 1. The number of nitrogens with one attached hydrogen (secondary N) is 1. The molecular formula is C54H99NO8. The number of aliphatic hydroxyl groups excluding tert-OH is 5. The van der Waals surface area contributed by atoms with Crippen LogP contribution >= 0.6 is 0 Å². The summed E-state index contributed by atoms with van der Waals surface area (Å²) in [4.78, 5) is 13.0. The minimum atomic E-state index is -1.55. The zero-order valence-corrected chi connectivity index (χ0v) is 40.6. The van der Waals surface area contributed by atoms with E-state index in [9.17, 15) is 30.3 Å². The first-order valence-corrected chi connectivity index (χ1v) is 26.3. The van der Waals surface area contributed by atoms with Crippen LogP contribution in [-0.4, -0.2) is 87.5 Å². The van der Waals surface area contributed by atoms with Crippen LogP contribution in [0.5, 0.6) is 0 Å². The van der Waals surface area contributed by atoms with Crippen molar-refractivity contribution in [3.05, 3.63) is 48.6 Å². The highest BCUT2D eigenvalue weighted by atomic mass is 16.7. The van der Waals surface area contributed by atoms with Crippen LogP contribution < -0.4 is 5.32 Å². The molecule has 0 saturated carbocycles. The maximum absolute atomic E-state index is 13.0. The molecule has 1 aliphatic rings. The fourth-order valence-corrected chi connectivity index (χ4v) is 8.27. The number of carbonyl (C=O) groups excluding carboxylic acids is 1. The minimum Gasteiger partial charge on any atom is -0.394 e. The van der Waals surface area contributed by atoms with Crippen LogP contribution in [0.2, 0.25) is 0 Å². The monoisotopic (exact) mass is 890 g/mol. The average molecular weight is 890 g/mol. The maximum atomic E-state index is 13.0. The van der Waals surface area contributed by atoms with E-state index in [1.165, 1.54) is 141 Å². The summed E-state index contributed by atoms with van der Waals surface area (Å²) in [5.74, 6) is -0.145. The van der Waals surface area contributed by atoms with Gasteiger partial charge in [-0.05, 0) is 51.4 Å². The molecule has 7 atom stereocenters. The van der Waals surface area contributed by atoms with Crippen LogP contribution in [0.3, 0.4) is 0 Å². The molecule has 7 unspecified atom stereocenters. The lowest BCUT2D eigenvalue weighted by Crippen LogP contribution is -2.60. The number of rotatable bonds is 44. The predicted molar refractivity (Wildman–Crippen MR) is 263 cm³/mol. The summed E-state index contributed by atoms with van der Waals surface area (Å²) >= 11 is 0. The first kappa shape index (κ1) is 59.2. The first-order valence-electron chi connectivity index (χ1n) is 26.3. The summed E-state index contributed by atoms with van der Waals surface area (Å²) in [7, 11) is 0. The summed E-state index contributed by atoms with van der Waals surface area (Å²) in [6.45, 7) is 3.72. The van der Waals surface area contributed by atoms with Gasteiger partial charge in [0.05, 0.1) is 25.4 Å². The Bertz CT molecular complexity index is 1130. The SMILES string of the molecule is CC/C=C\C/C=C\C/C=C\C/C=C\CCCCCCCCCCCCCCCCCCC(=O)NC(COC1OC(CO)C(O)C(O)C1O)C(O)CCCCCCCCCCCCC. The van der Waals surface area contributed by atoms with Gasteiger partial charge in [0.25, 0.3) is 0 Å². The molecule has 1 fully saturated rings. The van der Waals surface area contributed by atoms with Gasteiger partial charge in [-0.1, -0.05) is 223 Å². The minimum absolute atomic E-state index is 0.137. The van der Waals surface area contributed by atoms with E-state index in [0.717, 1.165) is 64.2 Å². The summed E-state index contributed by atoms with van der Waals surface area (Å²) in [6.07, 6.45) is 50.0. The van der Waals surface area contributed by atoms with E-state index in [1.54, 1.807) is 0 Å². The van der Waals surface area contributed by atoms with Crippen molar-refractivity contribution < 1.29 is 39.8 Å². The molecule has 1 saturated heterocycles. The lowest BCUT2D eigenvalue weighted by atomic mass is 9.99. The van der Waals surface area contributed by atoms with E-state index in [2.05, 4.69) is 67.8 Å². The van der Waals surface area contributed by atoms with Gasteiger partial charge in [-0.15, -0.1) is 0 Å². The fourth-order valence-electron chi connectivity index (χ4n) is 8.27. The van der Waals surface area contributed by atoms with E-state index >= 15 is 0 Å². The van der Waals surface area contributed by atoms with Crippen molar-refractivity contribution in [2.45, 2.75) is 275 Å². The van der Waals surface area contributed by atoms with Crippen molar-refractivity contribution in [2.24, 2.45) is 0 Å². The molecule has 63 heavy (non-hydrogen) atoms. The Labute approximate surface area is 386 Å². The molecule has 0 aromatic heterocycles. The third-order valence-corrected chi connectivity index (χ3v) is 12.4. The molecule has 9 nitrogen and oxygen atoms in total. The second kappa shape index (κ2) is 44.0. The van der Waals surface area contributed by atoms with Crippen LogP contribution in [0.25, 0.3) is 0 Å². The molecule has 0 aromatic carbocycles. The second-order valence-corrected chi connectivity index (χ2v) is 18.3. The quantitative estimate of drug-likeness (QED) is 0.0262. The van der Waals surface area contributed by atoms with Gasteiger partial charge < -0.3 is 40.3 Å². The molecule has 1 rings (SSSR count). The summed E-state index contributed by atoms with van der Waals surface area (Å²) < 4.78 is 11.3. The zero-order chi connectivity index (χ0) is 45.9. The van der Waals surface area contributed by atoms with E-state index < -0.39 is 49.5 Å². The Balaban J connectivity index is 2.14. The third kappa shape index (κ3) is 34.2. The van der Waals surface area contributed by atoms with Crippen LogP contribution in [0, 0.1) is 0 Å². The molecule has 1 heterocycles. The highest BCUT2D eigenvalue weighted by Crippen LogP contribution is 2.23. The van der Waals surface area contributed by atoms with Gasteiger partial charge in [0.15, 0.2) is 6.29 Å². The van der Waals surface area contributed by atoms with Crippen molar-refractivity contribution in [1.82, 2.24) is 5.32 Å². The summed E-state index contributed by atoms with van der Waals surface area (Å²) in [6, 6.07) is -0.717. The van der Waals surface area contributed by atoms with Crippen molar-refractivity contribution in [2.75, 3.05) is 13.2 Å². The largest absolute Gasteiger partial charge is 0.394 e. The van der Waals surface area contributed by atoms with Crippen LogP contribution in [0.4, 0.5) is 0 Å². The normalized spacial score (nSPS) is 20.5. The molecule has 6 N–H and O–H groups in total. The Hall–Kier alpha value is -1.85. The Morgan fingerprint density at radius 3 is 1.46 bits per heavy atom. The van der Waals surface area contributed by atoms with Crippen molar-refractivity contribution in [3.8, 4) is 0 Å². The van der Waals surface area contributed by atoms with E-state index in [0.29, 0.717) is 12.8 Å². The van der Waals surface area contributed by atoms with E-state index in [-0.39, 0.29) is 12.5 Å². The predicted octanol–water partition coefficient (Wildman–Crippen LogP) is 12.2. The molecule has 0 radical (unpaired) electrons. The number of aliphatic hydroxyl groups is 5. The molecule has 1 aliphatic heterocycles. The molecule has 9 heteroatoms. The maximum Gasteiger partial charge on any atom is 0.220 e. The zero-order valence-electron chi connectivity index (χ0n) is 40.6. The molecule has 0 spiro atoms. The van der Waals surface area contributed by atoms with Gasteiger partial charge in [0.1, 0.15) is 24.4 Å². The molecular weight excluding hydrogens is 791 g/mol. The Kier molecular flexibility index (Phi) is 41.3. The number of hydrogen-bond acceptors (Lipinski definition) is 8. The molecule has 0 aromatic rings. The molecule has 368 valence electrons. The third-order valence-electron chi connectivity index (χ3n) is 12.4. The van der Waals surface area contributed by atoms with Gasteiger partial charge in [0, 0.05) is 6.42 Å². The Morgan fingerprint density at radius 2 is 0.984 bits per heavy atom. The van der Waals surface area contributed by atoms with Crippen LogP contribution in [0.15, 0.2) is 48.6 Å². The number of unbranched alkanes of at least 4 members (excludes halogenated alkanes) is 26. The van der Waals surface area contributed by atoms with E-state index in [1.807, 2.05) is 0 Å². The second-order valence-electron chi connectivity index (χ2n) is 18.3. The molecule has 0 bridgehead atoms. The van der Waals surface area contributed by atoms with Crippen LogP contribution in [0.1, 0.15) is 232 Å². The topological polar surface area (TPSA) is 149 Å². The van der Waals surface area contributed by atoms with E-state index in [4.69, 9.17) is 9.47 Å². The number of carbonyl (C=O) groups is 1. The first-order chi connectivity index (χ1) is 30.8. The van der Waals surface area contributed by atoms with Crippen LogP contribution in [-0.2, 0) is 14.3 Å². The lowest BCUT2D eigenvalue weighted by molar-refractivity contribution is -0.302. The highest BCUT2D eigenvalue weighted by molar-refractivity contribution is 5.76. The van der Waals surface area contributed by atoms with Gasteiger partial charge >= 0.3 is 0 Å². The van der Waals surface area contributed by atoms with Gasteiger partial charge in [-0.2, -0.15) is 0 Å². The Morgan fingerprint density at radius 1 is 0.556 bits per heavy atom. The average Bonchev–Trinajstić information content (AvgIpc) is 3.28. The molecule has 0 aliphatic carbocycles. The molecule has 1 amide bonds. The smallest absolute Gasteiger partial charge is 0.220 e. The summed E-state index contributed by atoms with van der Waals surface area (Å²) in [5.41, 5.74) is 0. The van der Waals surface area contributed by atoms with Gasteiger partial charge in [-0.3, -0.25) is 4.79 Å². The number of ether oxygens (including phenoxy) is 2. The fraction of sp³-hybridized carbons (Fsp3) is 0.833. The van der Waals surface area contributed by atoms with Gasteiger partial charge in [-0.25, -0.2) is 0 Å². The van der Waals surface area contributed by atoms with Gasteiger partial charge in [0.2, 0.25) is 5.91 Å². The van der Waals surface area contributed by atoms with Crippen molar-refractivity contribution >= 4 is 5.91 Å². The number of allylic oxidation sites excluding steroid dienone is 8. The van der Waals surface area contributed by atoms with Crippen molar-refractivity contribution in [1.29, 1.82) is 0 Å². The number of hydrogen-bond donors (Lipinski definition) is 6. The standard InChI is InChI=1S/C54H99NO8/c1-3-5-7-9-11-13-15-16-17-18-19-20-21-22-23-24-25-26-27-28-29-30-31-32-34-36-38-40-42-44-50(58)55-47(46-62-54-53(61)52(60)51(59)49(45-56)63-54)48(57)43-41-39-37-35-33-14-12-10-8-6-4-2/h5,7,11,13,16-17,19-20,47-49,51-54,56-57,59-61H,3-4,6,8-10,12,14-15,18,21-46H2,1-2H3,(H,55,58)/b7-5-,13-11-,17-16-,20-19-.